The summed E-state index contributed by atoms with van der Waals surface area (Å²) in [5.74, 6) is 0. The van der Waals surface area contributed by atoms with E-state index in [1.165, 1.54) is 4.90 Å². The van der Waals surface area contributed by atoms with Crippen molar-refractivity contribution in [3.8, 4) is 0 Å². The van der Waals surface area contributed by atoms with Crippen LogP contribution in [0, 0.1) is 0 Å². The molecule has 0 spiro atoms. The molecular formula is C17H17BrClN3O2. The third kappa shape index (κ3) is 3.21. The molecule has 0 saturated heterocycles. The van der Waals surface area contributed by atoms with Crippen LogP contribution in [-0.2, 0) is 4.74 Å². The molecule has 3 aromatic rings. The number of aromatic nitrogens is 2. The third-order valence-electron chi connectivity index (χ3n) is 3.50. The Labute approximate surface area is 153 Å². The van der Waals surface area contributed by atoms with Crippen molar-refractivity contribution in [3.63, 3.8) is 0 Å². The second-order valence-electron chi connectivity index (χ2n) is 6.56. The summed E-state index contributed by atoms with van der Waals surface area (Å²) in [6.45, 7) is 5.49. The summed E-state index contributed by atoms with van der Waals surface area (Å²) in [7, 11) is 1.66. The van der Waals surface area contributed by atoms with Gasteiger partial charge in [0.1, 0.15) is 11.2 Å². The van der Waals surface area contributed by atoms with Crippen LogP contribution >= 0.6 is 27.5 Å². The summed E-state index contributed by atoms with van der Waals surface area (Å²) in [6, 6.07) is 5.56. The second kappa shape index (κ2) is 5.93. The lowest BCUT2D eigenvalue weighted by atomic mass is 10.1. The van der Waals surface area contributed by atoms with Crippen LogP contribution in [0.3, 0.4) is 0 Å². The fraction of sp³-hybridized carbons (Fsp3) is 0.294. The van der Waals surface area contributed by atoms with Gasteiger partial charge in [0, 0.05) is 33.5 Å². The Morgan fingerprint density at radius 1 is 1.29 bits per heavy atom. The van der Waals surface area contributed by atoms with Gasteiger partial charge in [-0.15, -0.1) is 0 Å². The molecule has 0 bridgehead atoms. The highest BCUT2D eigenvalue weighted by molar-refractivity contribution is 9.10. The smallest absolute Gasteiger partial charge is 0.414 e. The maximum atomic E-state index is 12.4. The summed E-state index contributed by atoms with van der Waals surface area (Å²) in [5.41, 5.74) is 1.58. The van der Waals surface area contributed by atoms with E-state index in [9.17, 15) is 4.79 Å². The zero-order valence-corrected chi connectivity index (χ0v) is 16.1. The zero-order chi connectivity index (χ0) is 17.6. The lowest BCUT2D eigenvalue weighted by molar-refractivity contribution is 0.0589. The van der Waals surface area contributed by atoms with Crippen LogP contribution in [0.2, 0.25) is 5.02 Å². The molecule has 1 N–H and O–H groups in total. The number of rotatable bonds is 1. The number of carbonyl (C=O) groups is 1. The molecule has 0 unspecified atom stereocenters. The van der Waals surface area contributed by atoms with E-state index in [-0.39, 0.29) is 0 Å². The molecule has 7 heteroatoms. The van der Waals surface area contributed by atoms with Crippen LogP contribution in [-0.4, -0.2) is 28.7 Å². The zero-order valence-electron chi connectivity index (χ0n) is 13.8. The number of hydrogen-bond donors (Lipinski definition) is 1. The molecular weight excluding hydrogens is 394 g/mol. The minimum Gasteiger partial charge on any atom is -0.443 e. The minimum atomic E-state index is -0.574. The van der Waals surface area contributed by atoms with Gasteiger partial charge >= 0.3 is 6.09 Å². The highest BCUT2D eigenvalue weighted by atomic mass is 79.9. The first-order valence-corrected chi connectivity index (χ1v) is 8.56. The molecule has 0 atom stereocenters. The first kappa shape index (κ1) is 17.0. The first-order valence-electron chi connectivity index (χ1n) is 7.39. The predicted molar refractivity (Wildman–Crippen MR) is 101 cm³/mol. The van der Waals surface area contributed by atoms with E-state index in [1.54, 1.807) is 19.3 Å². The number of pyridine rings is 1. The molecule has 0 saturated carbocycles. The number of H-pyrrole nitrogens is 1. The van der Waals surface area contributed by atoms with Crippen molar-refractivity contribution in [1.29, 1.82) is 0 Å². The Hall–Kier alpha value is -1.79. The van der Waals surface area contributed by atoms with Crippen molar-refractivity contribution in [3.05, 3.63) is 33.9 Å². The van der Waals surface area contributed by atoms with E-state index in [4.69, 9.17) is 16.3 Å². The Kier molecular flexibility index (Phi) is 4.21. The van der Waals surface area contributed by atoms with Gasteiger partial charge in [0.2, 0.25) is 0 Å². The lowest BCUT2D eigenvalue weighted by Gasteiger charge is -2.25. The number of aromatic amines is 1. The molecule has 24 heavy (non-hydrogen) atoms. The highest BCUT2D eigenvalue weighted by Crippen LogP contribution is 2.35. The molecule has 2 heterocycles. The summed E-state index contributed by atoms with van der Waals surface area (Å²) in [4.78, 5) is 21.5. The summed E-state index contributed by atoms with van der Waals surface area (Å²) in [6.07, 6.45) is 1.27. The van der Waals surface area contributed by atoms with E-state index >= 15 is 0 Å². The number of hydrogen-bond acceptors (Lipinski definition) is 3. The number of carbonyl (C=O) groups excluding carboxylic acids is 1. The van der Waals surface area contributed by atoms with Crippen LogP contribution in [0.5, 0.6) is 0 Å². The third-order valence-corrected chi connectivity index (χ3v) is 4.15. The number of nitrogens with one attached hydrogen (secondary N) is 1. The Morgan fingerprint density at radius 3 is 2.67 bits per heavy atom. The topological polar surface area (TPSA) is 58.2 Å². The second-order valence-corrected chi connectivity index (χ2v) is 7.91. The normalized spacial score (nSPS) is 11.9. The van der Waals surface area contributed by atoms with E-state index in [2.05, 4.69) is 25.9 Å². The van der Waals surface area contributed by atoms with Crippen LogP contribution in [0.1, 0.15) is 20.8 Å². The van der Waals surface area contributed by atoms with Crippen molar-refractivity contribution in [1.82, 2.24) is 9.97 Å². The maximum Gasteiger partial charge on any atom is 0.414 e. The van der Waals surface area contributed by atoms with Gasteiger partial charge in [0.25, 0.3) is 0 Å². The number of ether oxygens (including phenoxy) is 1. The van der Waals surface area contributed by atoms with E-state index < -0.39 is 11.7 Å². The number of halogens is 2. The molecule has 0 radical (unpaired) electrons. The molecule has 0 aliphatic heterocycles. The molecule has 3 rings (SSSR count). The van der Waals surface area contributed by atoms with E-state index in [0.717, 1.165) is 26.4 Å². The van der Waals surface area contributed by atoms with E-state index in [0.29, 0.717) is 10.7 Å². The van der Waals surface area contributed by atoms with Crippen LogP contribution in [0.25, 0.3) is 21.9 Å². The SMILES string of the molecule is CN(C(=O)OC(C)(C)C)c1cc(Cl)cc2c1[nH]c1ncc(Br)cc12. The van der Waals surface area contributed by atoms with Crippen molar-refractivity contribution in [2.75, 3.05) is 11.9 Å². The molecule has 2 aromatic heterocycles. The van der Waals surface area contributed by atoms with Gasteiger partial charge < -0.3 is 9.72 Å². The number of benzene rings is 1. The van der Waals surface area contributed by atoms with Crippen LogP contribution in [0.4, 0.5) is 10.5 Å². The standard InChI is InChI=1S/C17H17BrClN3O2/c1-17(2,3)24-16(23)22(4)13-7-10(19)6-11-12-5-9(18)8-20-15(12)21-14(11)13/h5-8H,1-4H3,(H,20,21). The summed E-state index contributed by atoms with van der Waals surface area (Å²) in [5, 5.41) is 2.37. The van der Waals surface area contributed by atoms with Gasteiger partial charge in [-0.1, -0.05) is 11.6 Å². The van der Waals surface area contributed by atoms with Crippen molar-refractivity contribution < 1.29 is 9.53 Å². The van der Waals surface area contributed by atoms with E-state index in [1.807, 2.05) is 32.9 Å². The molecule has 0 aliphatic rings. The van der Waals surface area contributed by atoms with Gasteiger partial charge in [-0.2, -0.15) is 0 Å². The first-order chi connectivity index (χ1) is 11.2. The largest absolute Gasteiger partial charge is 0.443 e. The average Bonchev–Trinajstić information content (AvgIpc) is 2.82. The summed E-state index contributed by atoms with van der Waals surface area (Å²) < 4.78 is 6.32. The van der Waals surface area contributed by atoms with Gasteiger partial charge in [-0.05, 0) is 54.9 Å². The van der Waals surface area contributed by atoms with Crippen molar-refractivity contribution in [2.45, 2.75) is 26.4 Å². The monoisotopic (exact) mass is 409 g/mol. The van der Waals surface area contributed by atoms with Crippen molar-refractivity contribution >= 4 is 61.2 Å². The predicted octanol–water partition coefficient (Wildman–Crippen LogP) is 5.50. The Bertz CT molecular complexity index is 946. The number of anilines is 1. The van der Waals surface area contributed by atoms with Gasteiger partial charge in [-0.25, -0.2) is 9.78 Å². The minimum absolute atomic E-state index is 0.445. The fourth-order valence-electron chi connectivity index (χ4n) is 2.49. The van der Waals surface area contributed by atoms with Crippen LogP contribution in [0.15, 0.2) is 28.9 Å². The average molecular weight is 411 g/mol. The number of amides is 1. The summed E-state index contributed by atoms with van der Waals surface area (Å²) >= 11 is 9.71. The quantitative estimate of drug-likeness (QED) is 0.576. The van der Waals surface area contributed by atoms with Gasteiger partial charge in [-0.3, -0.25) is 4.90 Å². The molecule has 0 aliphatic carbocycles. The van der Waals surface area contributed by atoms with Gasteiger partial charge in [0.05, 0.1) is 11.2 Å². The molecule has 0 fully saturated rings. The maximum absolute atomic E-state index is 12.4. The van der Waals surface area contributed by atoms with Gasteiger partial charge in [0.15, 0.2) is 0 Å². The highest BCUT2D eigenvalue weighted by Gasteiger charge is 2.23. The number of fused-ring (bicyclic) bond motifs is 3. The number of nitrogens with zero attached hydrogens (tertiary/aromatic N) is 2. The van der Waals surface area contributed by atoms with Crippen molar-refractivity contribution in [2.24, 2.45) is 0 Å². The Balaban J connectivity index is 2.17. The molecule has 1 aromatic carbocycles. The lowest BCUT2D eigenvalue weighted by Crippen LogP contribution is -2.34. The Morgan fingerprint density at radius 2 is 2.00 bits per heavy atom. The molecule has 5 nitrogen and oxygen atoms in total. The van der Waals surface area contributed by atoms with Crippen LogP contribution < -0.4 is 4.90 Å². The molecule has 126 valence electrons. The fourth-order valence-corrected chi connectivity index (χ4v) is 3.04. The molecule has 1 amide bonds.